The number of hydrogen-bond donors (Lipinski definition) is 1. The molecule has 1 amide bonds. The zero-order chi connectivity index (χ0) is 14.7. The Labute approximate surface area is 132 Å². The van der Waals surface area contributed by atoms with E-state index >= 15 is 0 Å². The van der Waals surface area contributed by atoms with Crippen molar-refractivity contribution < 1.29 is 4.79 Å². The van der Waals surface area contributed by atoms with Crippen molar-refractivity contribution >= 4 is 39.1 Å². The summed E-state index contributed by atoms with van der Waals surface area (Å²) in [7, 11) is 0. The van der Waals surface area contributed by atoms with E-state index in [9.17, 15) is 4.79 Å². The molecule has 0 heterocycles. The average molecular weight is 353 g/mol. The summed E-state index contributed by atoms with van der Waals surface area (Å²) in [5, 5.41) is 3.52. The lowest BCUT2D eigenvalue weighted by molar-refractivity contribution is 0.102. The van der Waals surface area contributed by atoms with Crippen LogP contribution in [-0.2, 0) is 6.42 Å². The highest BCUT2D eigenvalue weighted by molar-refractivity contribution is 9.10. The van der Waals surface area contributed by atoms with Gasteiger partial charge in [0.15, 0.2) is 0 Å². The highest BCUT2D eigenvalue weighted by atomic mass is 79.9. The van der Waals surface area contributed by atoms with Gasteiger partial charge >= 0.3 is 0 Å². The van der Waals surface area contributed by atoms with E-state index < -0.39 is 0 Å². The SMILES string of the molecule is CCc1cc(Br)ccc1NC(=O)c1cc(Cl)ccc1C. The molecule has 0 aliphatic rings. The number of amides is 1. The van der Waals surface area contributed by atoms with Crippen molar-refractivity contribution in [2.75, 3.05) is 5.32 Å². The van der Waals surface area contributed by atoms with Crippen molar-refractivity contribution in [1.29, 1.82) is 0 Å². The molecule has 0 unspecified atom stereocenters. The highest BCUT2D eigenvalue weighted by Gasteiger charge is 2.11. The van der Waals surface area contributed by atoms with Gasteiger partial charge in [-0.25, -0.2) is 0 Å². The molecule has 0 saturated heterocycles. The fraction of sp³-hybridized carbons (Fsp3) is 0.188. The van der Waals surface area contributed by atoms with E-state index in [4.69, 9.17) is 11.6 Å². The molecule has 2 rings (SSSR count). The molecule has 0 aromatic heterocycles. The maximum absolute atomic E-state index is 12.4. The van der Waals surface area contributed by atoms with Crippen LogP contribution in [0, 0.1) is 6.92 Å². The van der Waals surface area contributed by atoms with Gasteiger partial charge in [0.1, 0.15) is 0 Å². The molecule has 2 aromatic carbocycles. The third kappa shape index (κ3) is 3.41. The molecule has 20 heavy (non-hydrogen) atoms. The second kappa shape index (κ2) is 6.42. The molecule has 0 spiro atoms. The minimum atomic E-state index is -0.137. The normalized spacial score (nSPS) is 10.4. The molecule has 104 valence electrons. The van der Waals surface area contributed by atoms with Crippen LogP contribution >= 0.6 is 27.5 Å². The lowest BCUT2D eigenvalue weighted by atomic mass is 10.1. The summed E-state index contributed by atoms with van der Waals surface area (Å²) < 4.78 is 1.01. The predicted octanol–water partition coefficient (Wildman–Crippen LogP) is 5.23. The summed E-state index contributed by atoms with van der Waals surface area (Å²) in [4.78, 5) is 12.4. The van der Waals surface area contributed by atoms with Crippen molar-refractivity contribution in [3.63, 3.8) is 0 Å². The minimum absolute atomic E-state index is 0.137. The van der Waals surface area contributed by atoms with Crippen molar-refractivity contribution in [1.82, 2.24) is 0 Å². The van der Waals surface area contributed by atoms with Crippen LogP contribution in [0.1, 0.15) is 28.4 Å². The van der Waals surface area contributed by atoms with E-state index in [1.807, 2.05) is 31.2 Å². The molecule has 0 atom stereocenters. The van der Waals surface area contributed by atoms with Gasteiger partial charge in [0.05, 0.1) is 0 Å². The molecule has 4 heteroatoms. The molecular formula is C16H15BrClNO. The molecule has 0 bridgehead atoms. The van der Waals surface area contributed by atoms with E-state index in [0.29, 0.717) is 10.6 Å². The van der Waals surface area contributed by atoms with Crippen LogP contribution in [0.4, 0.5) is 5.69 Å². The second-order valence-electron chi connectivity index (χ2n) is 4.57. The third-order valence-corrected chi connectivity index (χ3v) is 3.87. The first-order valence-electron chi connectivity index (χ1n) is 6.37. The Hall–Kier alpha value is -1.32. The number of anilines is 1. The average Bonchev–Trinajstić information content (AvgIpc) is 2.43. The van der Waals surface area contributed by atoms with Gasteiger partial charge in [-0.15, -0.1) is 0 Å². The summed E-state index contributed by atoms with van der Waals surface area (Å²) in [6, 6.07) is 11.2. The van der Waals surface area contributed by atoms with Crippen LogP contribution in [0.25, 0.3) is 0 Å². The molecule has 1 N–H and O–H groups in total. The summed E-state index contributed by atoms with van der Waals surface area (Å²) in [5.41, 5.74) is 3.43. The first-order valence-corrected chi connectivity index (χ1v) is 7.54. The smallest absolute Gasteiger partial charge is 0.255 e. The third-order valence-electron chi connectivity index (χ3n) is 3.14. The van der Waals surface area contributed by atoms with E-state index in [1.54, 1.807) is 12.1 Å². The van der Waals surface area contributed by atoms with Crippen molar-refractivity contribution in [2.24, 2.45) is 0 Å². The number of hydrogen-bond acceptors (Lipinski definition) is 1. The van der Waals surface area contributed by atoms with Crippen LogP contribution in [-0.4, -0.2) is 5.91 Å². The zero-order valence-corrected chi connectivity index (χ0v) is 13.7. The Bertz CT molecular complexity index is 655. The molecule has 0 aliphatic carbocycles. The van der Waals surface area contributed by atoms with Gasteiger partial charge in [0, 0.05) is 20.7 Å². The predicted molar refractivity (Wildman–Crippen MR) is 87.7 cm³/mol. The summed E-state index contributed by atoms with van der Waals surface area (Å²) >= 11 is 9.40. The molecular weight excluding hydrogens is 338 g/mol. The van der Waals surface area contributed by atoms with Gasteiger partial charge in [-0.05, 0) is 54.8 Å². The van der Waals surface area contributed by atoms with E-state index in [2.05, 4.69) is 28.2 Å². The van der Waals surface area contributed by atoms with Gasteiger partial charge in [-0.3, -0.25) is 4.79 Å². The van der Waals surface area contributed by atoms with Gasteiger partial charge in [-0.1, -0.05) is 40.5 Å². The van der Waals surface area contributed by atoms with E-state index in [0.717, 1.165) is 27.7 Å². The number of carbonyl (C=O) groups is 1. The number of rotatable bonds is 3. The van der Waals surface area contributed by atoms with Crippen molar-refractivity contribution in [2.45, 2.75) is 20.3 Å². The largest absolute Gasteiger partial charge is 0.322 e. The van der Waals surface area contributed by atoms with Gasteiger partial charge in [-0.2, -0.15) is 0 Å². The Morgan fingerprint density at radius 2 is 2.00 bits per heavy atom. The molecule has 0 aliphatic heterocycles. The Morgan fingerprint density at radius 3 is 2.70 bits per heavy atom. The number of nitrogens with one attached hydrogen (secondary N) is 1. The lowest BCUT2D eigenvalue weighted by Gasteiger charge is -2.12. The molecule has 0 fully saturated rings. The lowest BCUT2D eigenvalue weighted by Crippen LogP contribution is -2.14. The first-order chi connectivity index (χ1) is 9.51. The molecule has 0 saturated carbocycles. The maximum Gasteiger partial charge on any atom is 0.255 e. The number of aryl methyl sites for hydroxylation is 2. The Balaban J connectivity index is 2.30. The minimum Gasteiger partial charge on any atom is -0.322 e. The van der Waals surface area contributed by atoms with Gasteiger partial charge in [0.25, 0.3) is 5.91 Å². The quantitative estimate of drug-likeness (QED) is 0.805. The van der Waals surface area contributed by atoms with Gasteiger partial charge in [0.2, 0.25) is 0 Å². The summed E-state index contributed by atoms with van der Waals surface area (Å²) in [5.74, 6) is -0.137. The standard InChI is InChI=1S/C16H15BrClNO/c1-3-11-8-12(17)5-7-15(11)19-16(20)14-9-13(18)6-4-10(14)2/h4-9H,3H2,1-2H3,(H,19,20). The van der Waals surface area contributed by atoms with Crippen LogP contribution in [0.15, 0.2) is 40.9 Å². The second-order valence-corrected chi connectivity index (χ2v) is 5.92. The number of benzene rings is 2. The monoisotopic (exact) mass is 351 g/mol. The summed E-state index contributed by atoms with van der Waals surface area (Å²) in [6.45, 7) is 3.95. The van der Waals surface area contributed by atoms with E-state index in [1.165, 1.54) is 0 Å². The fourth-order valence-electron chi connectivity index (χ4n) is 2.01. The maximum atomic E-state index is 12.4. The van der Waals surface area contributed by atoms with Crippen LogP contribution in [0.5, 0.6) is 0 Å². The zero-order valence-electron chi connectivity index (χ0n) is 11.3. The van der Waals surface area contributed by atoms with Crippen LogP contribution in [0.2, 0.25) is 5.02 Å². The number of carbonyl (C=O) groups excluding carboxylic acids is 1. The Kier molecular flexibility index (Phi) is 4.84. The topological polar surface area (TPSA) is 29.1 Å². The fourth-order valence-corrected chi connectivity index (χ4v) is 2.59. The summed E-state index contributed by atoms with van der Waals surface area (Å²) in [6.07, 6.45) is 0.851. The van der Waals surface area contributed by atoms with E-state index in [-0.39, 0.29) is 5.91 Å². The molecule has 0 radical (unpaired) electrons. The van der Waals surface area contributed by atoms with Crippen molar-refractivity contribution in [3.8, 4) is 0 Å². The van der Waals surface area contributed by atoms with Crippen molar-refractivity contribution in [3.05, 3.63) is 62.6 Å². The molecule has 2 nitrogen and oxygen atoms in total. The number of halogens is 2. The first kappa shape index (κ1) is 15.1. The van der Waals surface area contributed by atoms with Crippen LogP contribution < -0.4 is 5.32 Å². The Morgan fingerprint density at radius 1 is 1.25 bits per heavy atom. The molecule has 2 aromatic rings. The van der Waals surface area contributed by atoms with Crippen LogP contribution in [0.3, 0.4) is 0 Å². The van der Waals surface area contributed by atoms with Gasteiger partial charge < -0.3 is 5.32 Å². The highest BCUT2D eigenvalue weighted by Crippen LogP contribution is 2.23.